The first-order valence-corrected chi connectivity index (χ1v) is 10.4. The summed E-state index contributed by atoms with van der Waals surface area (Å²) in [4.78, 5) is 11.6. The topological polar surface area (TPSA) is 44.8 Å². The van der Waals surface area contributed by atoms with Gasteiger partial charge in [0.1, 0.15) is 24.2 Å². The van der Waals surface area contributed by atoms with Crippen molar-refractivity contribution < 1.29 is 19.0 Å². The molecule has 1 atom stereocenters. The standard InChI is InChI=1S/C26H34O4/c1-18(2)16-28-23-12-8-21(9-13-23)26(6,7)22-10-14-24(15-11-22)29-17-20(5)30-25(27)19(3)4/h8-15,18,20H,3,16-17H2,1-2,4-7H3. The van der Waals surface area contributed by atoms with Crippen molar-refractivity contribution in [1.29, 1.82) is 0 Å². The van der Waals surface area contributed by atoms with E-state index < -0.39 is 5.97 Å². The molecule has 1 unspecified atom stereocenters. The van der Waals surface area contributed by atoms with Crippen molar-refractivity contribution in [2.45, 2.75) is 53.1 Å². The van der Waals surface area contributed by atoms with Crippen molar-refractivity contribution in [2.75, 3.05) is 13.2 Å². The minimum atomic E-state index is -0.399. The molecule has 0 fully saturated rings. The number of esters is 1. The van der Waals surface area contributed by atoms with Crippen molar-refractivity contribution in [1.82, 2.24) is 0 Å². The van der Waals surface area contributed by atoms with Crippen molar-refractivity contribution >= 4 is 5.97 Å². The maximum absolute atomic E-state index is 11.6. The van der Waals surface area contributed by atoms with Crippen molar-refractivity contribution in [3.05, 3.63) is 71.8 Å². The second-order valence-corrected chi connectivity index (χ2v) is 8.69. The average Bonchev–Trinajstić information content (AvgIpc) is 2.71. The average molecular weight is 411 g/mol. The SMILES string of the molecule is C=C(C)C(=O)OC(C)COc1ccc(C(C)(C)c2ccc(OCC(C)C)cc2)cc1. The quantitative estimate of drug-likeness (QED) is 0.359. The third-order valence-electron chi connectivity index (χ3n) is 4.88. The van der Waals surface area contributed by atoms with Crippen LogP contribution in [0.2, 0.25) is 0 Å². The van der Waals surface area contributed by atoms with Crippen LogP contribution in [-0.2, 0) is 14.9 Å². The Morgan fingerprint density at radius 1 is 0.867 bits per heavy atom. The van der Waals surface area contributed by atoms with Gasteiger partial charge in [0.25, 0.3) is 0 Å². The van der Waals surface area contributed by atoms with Gasteiger partial charge < -0.3 is 14.2 Å². The maximum atomic E-state index is 11.6. The van der Waals surface area contributed by atoms with Gasteiger partial charge in [-0.3, -0.25) is 0 Å². The molecule has 0 N–H and O–H groups in total. The molecule has 0 saturated carbocycles. The maximum Gasteiger partial charge on any atom is 0.333 e. The minimum absolute atomic E-state index is 0.153. The number of hydrogen-bond donors (Lipinski definition) is 0. The van der Waals surface area contributed by atoms with Gasteiger partial charge in [-0.25, -0.2) is 4.79 Å². The van der Waals surface area contributed by atoms with E-state index in [1.54, 1.807) is 13.8 Å². The van der Waals surface area contributed by atoms with Gasteiger partial charge in [0.05, 0.1) is 6.61 Å². The number of hydrogen-bond acceptors (Lipinski definition) is 4. The van der Waals surface area contributed by atoms with E-state index in [4.69, 9.17) is 14.2 Å². The van der Waals surface area contributed by atoms with E-state index in [0.29, 0.717) is 18.1 Å². The lowest BCUT2D eigenvalue weighted by Gasteiger charge is -2.26. The summed E-state index contributed by atoms with van der Waals surface area (Å²) in [7, 11) is 0. The number of carbonyl (C=O) groups excluding carboxylic acids is 1. The zero-order valence-corrected chi connectivity index (χ0v) is 19.0. The summed E-state index contributed by atoms with van der Waals surface area (Å²) >= 11 is 0. The number of ether oxygens (including phenoxy) is 3. The van der Waals surface area contributed by atoms with Gasteiger partial charge in [0.2, 0.25) is 0 Å². The highest BCUT2D eigenvalue weighted by atomic mass is 16.6. The van der Waals surface area contributed by atoms with Crippen LogP contribution in [0.1, 0.15) is 52.7 Å². The second-order valence-electron chi connectivity index (χ2n) is 8.69. The van der Waals surface area contributed by atoms with Crippen LogP contribution in [0.15, 0.2) is 60.7 Å². The monoisotopic (exact) mass is 410 g/mol. The number of benzene rings is 2. The van der Waals surface area contributed by atoms with Gasteiger partial charge in [-0.1, -0.05) is 58.5 Å². The molecule has 30 heavy (non-hydrogen) atoms. The molecule has 2 rings (SSSR count). The van der Waals surface area contributed by atoms with Crippen LogP contribution in [0.5, 0.6) is 11.5 Å². The molecule has 0 amide bonds. The highest BCUT2D eigenvalue weighted by Crippen LogP contribution is 2.33. The molecule has 0 aliphatic rings. The van der Waals surface area contributed by atoms with Gasteiger partial charge >= 0.3 is 5.97 Å². The van der Waals surface area contributed by atoms with E-state index in [2.05, 4.69) is 58.5 Å². The molecule has 0 spiro atoms. The van der Waals surface area contributed by atoms with Gasteiger partial charge in [-0.05, 0) is 55.2 Å². The van der Waals surface area contributed by atoms with E-state index >= 15 is 0 Å². The Bertz CT molecular complexity index is 832. The highest BCUT2D eigenvalue weighted by Gasteiger charge is 2.23. The summed E-state index contributed by atoms with van der Waals surface area (Å²) in [5, 5.41) is 0. The van der Waals surface area contributed by atoms with Crippen LogP contribution >= 0.6 is 0 Å². The number of carbonyl (C=O) groups is 1. The summed E-state index contributed by atoms with van der Waals surface area (Å²) in [5.41, 5.74) is 2.63. The van der Waals surface area contributed by atoms with Crippen LogP contribution in [0.3, 0.4) is 0 Å². The zero-order valence-electron chi connectivity index (χ0n) is 19.0. The van der Waals surface area contributed by atoms with E-state index in [9.17, 15) is 4.79 Å². The molecule has 162 valence electrons. The third kappa shape index (κ3) is 6.65. The molecule has 0 heterocycles. The lowest BCUT2D eigenvalue weighted by atomic mass is 9.78. The smallest absolute Gasteiger partial charge is 0.333 e. The fourth-order valence-electron chi connectivity index (χ4n) is 2.90. The van der Waals surface area contributed by atoms with Crippen LogP contribution in [0.4, 0.5) is 0 Å². The van der Waals surface area contributed by atoms with E-state index in [0.717, 1.165) is 18.1 Å². The van der Waals surface area contributed by atoms with Crippen molar-refractivity contribution in [3.63, 3.8) is 0 Å². The first-order valence-electron chi connectivity index (χ1n) is 10.4. The Morgan fingerprint density at radius 2 is 1.30 bits per heavy atom. The summed E-state index contributed by atoms with van der Waals surface area (Å²) in [6.07, 6.45) is -0.346. The number of rotatable bonds is 10. The van der Waals surface area contributed by atoms with Crippen molar-refractivity contribution in [2.24, 2.45) is 5.92 Å². The predicted octanol–water partition coefficient (Wildman–Crippen LogP) is 5.93. The fraction of sp³-hybridized carbons (Fsp3) is 0.423. The van der Waals surface area contributed by atoms with Crippen LogP contribution in [0.25, 0.3) is 0 Å². The van der Waals surface area contributed by atoms with Gasteiger partial charge in [0.15, 0.2) is 0 Å². The van der Waals surface area contributed by atoms with Crippen LogP contribution in [-0.4, -0.2) is 25.3 Å². The molecule has 2 aromatic rings. The molecule has 0 aromatic heterocycles. The van der Waals surface area contributed by atoms with Crippen molar-refractivity contribution in [3.8, 4) is 11.5 Å². The molecule has 0 aliphatic heterocycles. The molecule has 0 aliphatic carbocycles. The minimum Gasteiger partial charge on any atom is -0.493 e. The zero-order chi connectivity index (χ0) is 22.3. The Balaban J connectivity index is 1.98. The van der Waals surface area contributed by atoms with E-state index in [-0.39, 0.29) is 11.5 Å². The summed E-state index contributed by atoms with van der Waals surface area (Å²) in [6.45, 7) is 16.7. The van der Waals surface area contributed by atoms with Gasteiger partial charge in [-0.15, -0.1) is 0 Å². The Hall–Kier alpha value is -2.75. The van der Waals surface area contributed by atoms with E-state index in [1.807, 2.05) is 24.3 Å². The molecule has 4 heteroatoms. The molecule has 0 bridgehead atoms. The molecule has 4 nitrogen and oxygen atoms in total. The molecule has 0 saturated heterocycles. The lowest BCUT2D eigenvalue weighted by Crippen LogP contribution is -2.22. The second kappa shape index (κ2) is 10.3. The molecular weight excluding hydrogens is 376 g/mol. The van der Waals surface area contributed by atoms with Gasteiger partial charge in [0, 0.05) is 11.0 Å². The summed E-state index contributed by atoms with van der Waals surface area (Å²) in [5.74, 6) is 1.74. The molecular formula is C26H34O4. The first-order chi connectivity index (χ1) is 14.1. The normalized spacial score (nSPS) is 12.4. The Labute approximate surface area is 180 Å². The largest absolute Gasteiger partial charge is 0.493 e. The fourth-order valence-corrected chi connectivity index (χ4v) is 2.90. The molecule has 2 aromatic carbocycles. The lowest BCUT2D eigenvalue weighted by molar-refractivity contribution is -0.144. The highest BCUT2D eigenvalue weighted by molar-refractivity contribution is 5.87. The molecule has 0 radical (unpaired) electrons. The first kappa shape index (κ1) is 23.5. The Kier molecular flexibility index (Phi) is 8.10. The van der Waals surface area contributed by atoms with Gasteiger partial charge in [-0.2, -0.15) is 0 Å². The van der Waals surface area contributed by atoms with Crippen LogP contribution in [0, 0.1) is 5.92 Å². The summed E-state index contributed by atoms with van der Waals surface area (Å²) in [6, 6.07) is 16.4. The third-order valence-corrected chi connectivity index (χ3v) is 4.88. The Morgan fingerprint density at radius 3 is 1.70 bits per heavy atom. The summed E-state index contributed by atoms with van der Waals surface area (Å²) < 4.78 is 16.8. The predicted molar refractivity (Wildman–Crippen MR) is 121 cm³/mol. The van der Waals surface area contributed by atoms with Crippen LogP contribution < -0.4 is 9.47 Å². The van der Waals surface area contributed by atoms with E-state index in [1.165, 1.54) is 11.1 Å².